The molecular formula is C9H7Br2NO4. The fraction of sp³-hybridized carbons (Fsp3) is 0.222. The smallest absolute Gasteiger partial charge is 0.271 e. The Hall–Kier alpha value is -0.950. The highest BCUT2D eigenvalue weighted by Crippen LogP contribution is 2.33. The quantitative estimate of drug-likeness (QED) is 0.361. The van der Waals surface area contributed by atoms with E-state index < -0.39 is 4.92 Å². The maximum Gasteiger partial charge on any atom is 0.271 e. The zero-order chi connectivity index (χ0) is 12.3. The van der Waals surface area contributed by atoms with E-state index >= 15 is 0 Å². The molecule has 0 saturated heterocycles. The van der Waals surface area contributed by atoms with Gasteiger partial charge < -0.3 is 4.74 Å². The molecular weight excluding hydrogens is 346 g/mol. The van der Waals surface area contributed by atoms with E-state index in [-0.39, 0.29) is 22.4 Å². The molecule has 0 amide bonds. The molecule has 16 heavy (non-hydrogen) atoms. The van der Waals surface area contributed by atoms with E-state index in [0.717, 1.165) is 0 Å². The molecule has 1 rings (SSSR count). The van der Waals surface area contributed by atoms with Crippen molar-refractivity contribution in [3.05, 3.63) is 32.3 Å². The Balaban J connectivity index is 3.42. The average molecular weight is 353 g/mol. The van der Waals surface area contributed by atoms with Crippen molar-refractivity contribution in [3.63, 3.8) is 0 Å². The van der Waals surface area contributed by atoms with Crippen molar-refractivity contribution in [2.45, 2.75) is 0 Å². The lowest BCUT2D eigenvalue weighted by Gasteiger charge is -2.08. The van der Waals surface area contributed by atoms with Crippen molar-refractivity contribution in [1.82, 2.24) is 0 Å². The zero-order valence-corrected chi connectivity index (χ0v) is 11.4. The second-order valence-corrected chi connectivity index (χ2v) is 4.24. The van der Waals surface area contributed by atoms with Gasteiger partial charge in [-0.1, -0.05) is 15.9 Å². The van der Waals surface area contributed by atoms with E-state index in [1.54, 1.807) is 0 Å². The number of non-ortho nitro benzene ring substituents is 1. The molecule has 0 spiro atoms. The molecule has 0 aliphatic carbocycles. The summed E-state index contributed by atoms with van der Waals surface area (Å²) in [7, 11) is 1.40. The normalized spacial score (nSPS) is 9.94. The first kappa shape index (κ1) is 13.1. The number of nitro benzene ring substituents is 1. The molecule has 0 radical (unpaired) electrons. The number of hydrogen-bond acceptors (Lipinski definition) is 4. The van der Waals surface area contributed by atoms with Crippen LogP contribution in [-0.4, -0.2) is 23.1 Å². The number of carbonyl (C=O) groups is 1. The highest BCUT2D eigenvalue weighted by molar-refractivity contribution is 9.10. The van der Waals surface area contributed by atoms with Gasteiger partial charge in [0.15, 0.2) is 5.78 Å². The van der Waals surface area contributed by atoms with Gasteiger partial charge in [0, 0.05) is 12.1 Å². The van der Waals surface area contributed by atoms with E-state index in [0.29, 0.717) is 10.2 Å². The molecule has 0 aromatic heterocycles. The van der Waals surface area contributed by atoms with Crippen LogP contribution in [0.15, 0.2) is 16.6 Å². The van der Waals surface area contributed by atoms with Gasteiger partial charge in [0.05, 0.1) is 27.4 Å². The van der Waals surface area contributed by atoms with Gasteiger partial charge in [0.2, 0.25) is 0 Å². The van der Waals surface area contributed by atoms with Crippen molar-refractivity contribution < 1.29 is 14.5 Å². The van der Waals surface area contributed by atoms with Crippen molar-refractivity contribution >= 4 is 43.3 Å². The van der Waals surface area contributed by atoms with Gasteiger partial charge in [-0.25, -0.2) is 0 Å². The van der Waals surface area contributed by atoms with E-state index in [1.807, 2.05) is 0 Å². The fourth-order valence-electron chi connectivity index (χ4n) is 1.17. The minimum absolute atomic E-state index is 0.0803. The summed E-state index contributed by atoms with van der Waals surface area (Å²) in [4.78, 5) is 21.6. The van der Waals surface area contributed by atoms with Gasteiger partial charge in [-0.05, 0) is 15.9 Å². The molecule has 86 valence electrons. The van der Waals surface area contributed by atoms with Crippen LogP contribution in [0.2, 0.25) is 0 Å². The number of carbonyl (C=O) groups excluding carboxylic acids is 1. The summed E-state index contributed by atoms with van der Waals surface area (Å²) in [6.45, 7) is 0. The third-order valence-electron chi connectivity index (χ3n) is 1.87. The second kappa shape index (κ2) is 5.40. The van der Waals surface area contributed by atoms with E-state index in [2.05, 4.69) is 31.9 Å². The number of hydrogen-bond donors (Lipinski definition) is 0. The predicted octanol–water partition coefficient (Wildman–Crippen LogP) is 2.94. The number of halogens is 2. The number of Topliss-reactive ketones (excluding diaryl/α,β-unsaturated/α-hetero) is 1. The van der Waals surface area contributed by atoms with E-state index in [4.69, 9.17) is 4.74 Å². The second-order valence-electron chi connectivity index (χ2n) is 2.82. The topological polar surface area (TPSA) is 69.4 Å². The SMILES string of the molecule is COc1c(Br)cc([N+](=O)[O-])cc1C(=O)CBr. The number of nitro groups is 1. The number of benzene rings is 1. The third-order valence-corrected chi connectivity index (χ3v) is 2.96. The summed E-state index contributed by atoms with van der Waals surface area (Å²) in [6, 6.07) is 2.50. The summed E-state index contributed by atoms with van der Waals surface area (Å²) < 4.78 is 5.41. The van der Waals surface area contributed by atoms with Gasteiger partial charge in [-0.15, -0.1) is 0 Å². The lowest BCUT2D eigenvalue weighted by atomic mass is 10.1. The number of nitrogens with zero attached hydrogens (tertiary/aromatic N) is 1. The van der Waals surface area contributed by atoms with Gasteiger partial charge >= 0.3 is 0 Å². The summed E-state index contributed by atoms with van der Waals surface area (Å²) in [5.74, 6) is 0.0244. The molecule has 5 nitrogen and oxygen atoms in total. The number of alkyl halides is 1. The molecule has 0 fully saturated rings. The first-order valence-electron chi connectivity index (χ1n) is 4.12. The van der Waals surface area contributed by atoms with Gasteiger partial charge in [-0.2, -0.15) is 0 Å². The lowest BCUT2D eigenvalue weighted by Crippen LogP contribution is -2.05. The van der Waals surface area contributed by atoms with Crippen LogP contribution in [0.1, 0.15) is 10.4 Å². The molecule has 0 unspecified atom stereocenters. The van der Waals surface area contributed by atoms with Crippen LogP contribution in [-0.2, 0) is 0 Å². The maximum atomic E-state index is 11.5. The molecule has 7 heteroatoms. The molecule has 0 saturated carbocycles. The highest BCUT2D eigenvalue weighted by atomic mass is 79.9. The molecule has 1 aromatic carbocycles. The Morgan fingerprint density at radius 1 is 1.56 bits per heavy atom. The van der Waals surface area contributed by atoms with Crippen molar-refractivity contribution in [2.24, 2.45) is 0 Å². The summed E-state index contributed by atoms with van der Waals surface area (Å²) >= 11 is 6.14. The predicted molar refractivity (Wildman–Crippen MR) is 65.5 cm³/mol. The van der Waals surface area contributed by atoms with Crippen LogP contribution in [0.5, 0.6) is 5.75 Å². The first-order chi connectivity index (χ1) is 7.51. The van der Waals surface area contributed by atoms with Crippen molar-refractivity contribution in [1.29, 1.82) is 0 Å². The first-order valence-corrected chi connectivity index (χ1v) is 6.03. The number of ether oxygens (including phenoxy) is 1. The minimum atomic E-state index is -0.560. The molecule has 0 atom stereocenters. The number of methoxy groups -OCH3 is 1. The van der Waals surface area contributed by atoms with Crippen LogP contribution in [0.25, 0.3) is 0 Å². The lowest BCUT2D eigenvalue weighted by molar-refractivity contribution is -0.385. The Morgan fingerprint density at radius 3 is 2.62 bits per heavy atom. The van der Waals surface area contributed by atoms with Crippen LogP contribution in [0.4, 0.5) is 5.69 Å². The Labute approximate surface area is 108 Å². The van der Waals surface area contributed by atoms with E-state index in [9.17, 15) is 14.9 Å². The zero-order valence-electron chi connectivity index (χ0n) is 8.20. The standard InChI is InChI=1S/C9H7Br2NO4/c1-16-9-6(8(13)4-10)2-5(12(14)15)3-7(9)11/h2-3H,4H2,1H3. The summed E-state index contributed by atoms with van der Waals surface area (Å²) in [6.07, 6.45) is 0. The molecule has 0 aliphatic heterocycles. The van der Waals surface area contributed by atoms with Crippen LogP contribution >= 0.6 is 31.9 Å². The molecule has 0 N–H and O–H groups in total. The molecule has 0 aliphatic rings. The van der Waals surface area contributed by atoms with Crippen molar-refractivity contribution in [2.75, 3.05) is 12.4 Å². The van der Waals surface area contributed by atoms with Crippen LogP contribution < -0.4 is 4.74 Å². The summed E-state index contributed by atoms with van der Waals surface area (Å²) in [5.41, 5.74) is 0.0254. The Kier molecular flexibility index (Phi) is 4.43. The van der Waals surface area contributed by atoms with Crippen LogP contribution in [0, 0.1) is 10.1 Å². The fourth-order valence-corrected chi connectivity index (χ4v) is 2.08. The largest absolute Gasteiger partial charge is 0.495 e. The minimum Gasteiger partial charge on any atom is -0.495 e. The number of rotatable bonds is 4. The molecule has 1 aromatic rings. The van der Waals surface area contributed by atoms with E-state index in [1.165, 1.54) is 19.2 Å². The van der Waals surface area contributed by atoms with Crippen molar-refractivity contribution in [3.8, 4) is 5.75 Å². The van der Waals surface area contributed by atoms with Crippen LogP contribution in [0.3, 0.4) is 0 Å². The van der Waals surface area contributed by atoms with Gasteiger partial charge in [0.1, 0.15) is 5.75 Å². The molecule has 0 bridgehead atoms. The number of ketones is 1. The highest BCUT2D eigenvalue weighted by Gasteiger charge is 2.20. The Morgan fingerprint density at radius 2 is 2.19 bits per heavy atom. The average Bonchev–Trinajstić information content (AvgIpc) is 2.26. The summed E-state index contributed by atoms with van der Waals surface area (Å²) in [5, 5.41) is 10.7. The maximum absolute atomic E-state index is 11.5. The Bertz CT molecular complexity index is 447. The van der Waals surface area contributed by atoms with Gasteiger partial charge in [0.25, 0.3) is 5.69 Å². The third kappa shape index (κ3) is 2.59. The van der Waals surface area contributed by atoms with Gasteiger partial charge in [-0.3, -0.25) is 14.9 Å². The molecule has 0 heterocycles. The monoisotopic (exact) mass is 351 g/mol.